The van der Waals surface area contributed by atoms with Crippen LogP contribution >= 0.6 is 11.6 Å². The lowest BCUT2D eigenvalue weighted by atomic mass is 9.91. The molecule has 0 spiro atoms. The van der Waals surface area contributed by atoms with E-state index >= 15 is 0 Å². The fourth-order valence-electron chi connectivity index (χ4n) is 4.41. The van der Waals surface area contributed by atoms with Gasteiger partial charge in [0, 0.05) is 30.3 Å². The van der Waals surface area contributed by atoms with Gasteiger partial charge in [-0.1, -0.05) is 29.8 Å². The quantitative estimate of drug-likeness (QED) is 0.618. The predicted octanol–water partition coefficient (Wildman–Crippen LogP) is 3.54. The zero-order valence-corrected chi connectivity index (χ0v) is 19.0. The highest BCUT2D eigenvalue weighted by atomic mass is 35.5. The zero-order chi connectivity index (χ0) is 21.3. The average Bonchev–Trinajstić information content (AvgIpc) is 3.17. The van der Waals surface area contributed by atoms with Crippen molar-refractivity contribution in [3.63, 3.8) is 0 Å². The van der Waals surface area contributed by atoms with Crippen LogP contribution in [0.5, 0.6) is 5.75 Å². The number of benzene rings is 1. The first-order valence-electron chi connectivity index (χ1n) is 10.4. The summed E-state index contributed by atoms with van der Waals surface area (Å²) in [6.45, 7) is 2.56. The molecule has 4 rings (SSSR count). The topological polar surface area (TPSA) is 59.1 Å². The highest BCUT2D eigenvalue weighted by Crippen LogP contribution is 2.38. The van der Waals surface area contributed by atoms with E-state index in [1.165, 1.54) is 4.31 Å². The maximum absolute atomic E-state index is 13.6. The maximum Gasteiger partial charge on any atom is 0.267 e. The molecule has 0 bridgehead atoms. The summed E-state index contributed by atoms with van der Waals surface area (Å²) in [6.07, 6.45) is 10.2. The summed E-state index contributed by atoms with van der Waals surface area (Å²) in [5, 5.41) is 0.460. The highest BCUT2D eigenvalue weighted by molar-refractivity contribution is 7.89. The van der Waals surface area contributed by atoms with E-state index in [2.05, 4.69) is 11.9 Å². The molecule has 1 aliphatic carbocycles. The van der Waals surface area contributed by atoms with E-state index in [4.69, 9.17) is 21.1 Å². The Hall–Kier alpha value is -1.54. The average molecular weight is 453 g/mol. The number of methoxy groups -OCH3 is 1. The van der Waals surface area contributed by atoms with Gasteiger partial charge in [-0.25, -0.2) is 8.42 Å². The Morgan fingerprint density at radius 2 is 1.93 bits per heavy atom. The van der Waals surface area contributed by atoms with Gasteiger partial charge in [0.15, 0.2) is 0 Å². The van der Waals surface area contributed by atoms with Crippen LogP contribution in [0.2, 0.25) is 5.02 Å². The second-order valence-corrected chi connectivity index (χ2v) is 10.6. The lowest BCUT2D eigenvalue weighted by Crippen LogP contribution is -2.40. The molecule has 1 saturated heterocycles. The van der Waals surface area contributed by atoms with Gasteiger partial charge >= 0.3 is 0 Å². The van der Waals surface area contributed by atoms with Crippen molar-refractivity contribution in [1.29, 1.82) is 0 Å². The van der Waals surface area contributed by atoms with Crippen molar-refractivity contribution in [2.45, 2.75) is 36.3 Å². The molecule has 3 aliphatic rings. The van der Waals surface area contributed by atoms with Crippen LogP contribution in [0, 0.1) is 11.8 Å². The first kappa shape index (κ1) is 21.7. The van der Waals surface area contributed by atoms with Crippen LogP contribution in [0.15, 0.2) is 47.5 Å². The van der Waals surface area contributed by atoms with Gasteiger partial charge in [0.2, 0.25) is 0 Å². The van der Waals surface area contributed by atoms with Gasteiger partial charge < -0.3 is 14.4 Å². The van der Waals surface area contributed by atoms with Crippen molar-refractivity contribution in [2.75, 3.05) is 33.9 Å². The molecule has 3 atom stereocenters. The predicted molar refractivity (Wildman–Crippen MR) is 117 cm³/mol. The van der Waals surface area contributed by atoms with E-state index in [9.17, 15) is 8.42 Å². The smallest absolute Gasteiger partial charge is 0.267 e. The zero-order valence-electron chi connectivity index (χ0n) is 17.4. The minimum atomic E-state index is -3.78. The molecule has 3 unspecified atom stereocenters. The Morgan fingerprint density at radius 3 is 2.67 bits per heavy atom. The summed E-state index contributed by atoms with van der Waals surface area (Å²) < 4.78 is 40.1. The van der Waals surface area contributed by atoms with E-state index in [0.717, 1.165) is 25.9 Å². The van der Waals surface area contributed by atoms with E-state index in [1.54, 1.807) is 31.5 Å². The van der Waals surface area contributed by atoms with Crippen molar-refractivity contribution < 1.29 is 17.9 Å². The number of likely N-dealkylation sites (tertiary alicyclic amines) is 1. The number of ether oxygens (including phenoxy) is 2. The summed E-state index contributed by atoms with van der Waals surface area (Å²) in [5.41, 5.74) is 0. The molecular weight excluding hydrogens is 424 g/mol. The minimum absolute atomic E-state index is 0.0575. The minimum Gasteiger partial charge on any atom is -0.492 e. The van der Waals surface area contributed by atoms with Gasteiger partial charge in [-0.3, -0.25) is 4.31 Å². The fourth-order valence-corrected chi connectivity index (χ4v) is 6.22. The third kappa shape index (κ3) is 4.40. The number of piperidine rings is 1. The molecule has 0 amide bonds. The third-order valence-electron chi connectivity index (χ3n) is 6.32. The largest absolute Gasteiger partial charge is 0.492 e. The van der Waals surface area contributed by atoms with Crippen LogP contribution in [-0.2, 0) is 14.8 Å². The number of hydrogen-bond acceptors (Lipinski definition) is 5. The van der Waals surface area contributed by atoms with Crippen molar-refractivity contribution >= 4 is 21.6 Å². The van der Waals surface area contributed by atoms with Crippen molar-refractivity contribution in [2.24, 2.45) is 11.8 Å². The second-order valence-electron chi connectivity index (χ2n) is 8.36. The number of hydrogen-bond donors (Lipinski definition) is 0. The molecule has 1 aromatic rings. The molecule has 1 aromatic carbocycles. The number of halogens is 1. The molecule has 0 radical (unpaired) electrons. The number of nitrogens with zero attached hydrogens (tertiary/aromatic N) is 2. The van der Waals surface area contributed by atoms with E-state index in [-0.39, 0.29) is 23.0 Å². The third-order valence-corrected chi connectivity index (χ3v) is 8.40. The van der Waals surface area contributed by atoms with E-state index in [1.807, 2.05) is 18.2 Å². The lowest BCUT2D eigenvalue weighted by molar-refractivity contribution is 0.107. The highest BCUT2D eigenvalue weighted by Gasteiger charge is 2.40. The van der Waals surface area contributed by atoms with Crippen LogP contribution in [0.1, 0.15) is 19.3 Å². The van der Waals surface area contributed by atoms with Crippen LogP contribution in [0.3, 0.4) is 0 Å². The van der Waals surface area contributed by atoms with Gasteiger partial charge in [0.05, 0.1) is 18.8 Å². The Labute approximate surface area is 184 Å². The standard InChI is InChI=1S/C22H29ClN2O4S/c1-24-10-7-16(8-11-24)15-29-21-13-18(23)4-6-22(21)30(26,27)25-12-9-17-3-5-19(28-2)14-20(17)25/h3-6,9,12-13,16-17,19-20H,7-8,10-11,14-15H2,1-2H3. The van der Waals surface area contributed by atoms with E-state index in [0.29, 0.717) is 29.7 Å². The summed E-state index contributed by atoms with van der Waals surface area (Å²) in [7, 11) is -0.0258. The number of sulfonamides is 1. The SMILES string of the molecule is COC1C=CC2C=CN(S(=O)(=O)c3ccc(Cl)cc3OCC3CCN(C)CC3)C2C1. The van der Waals surface area contributed by atoms with Gasteiger partial charge in [-0.2, -0.15) is 0 Å². The molecule has 30 heavy (non-hydrogen) atoms. The van der Waals surface area contributed by atoms with Crippen molar-refractivity contribution in [3.05, 3.63) is 47.6 Å². The number of fused-ring (bicyclic) bond motifs is 1. The van der Waals surface area contributed by atoms with Crippen LogP contribution in [0.25, 0.3) is 0 Å². The van der Waals surface area contributed by atoms with Crippen LogP contribution in [0.4, 0.5) is 0 Å². The fraction of sp³-hybridized carbons (Fsp3) is 0.545. The molecule has 1 fully saturated rings. The van der Waals surface area contributed by atoms with Gasteiger partial charge in [-0.15, -0.1) is 0 Å². The summed E-state index contributed by atoms with van der Waals surface area (Å²) in [5.74, 6) is 0.799. The molecule has 0 N–H and O–H groups in total. The number of rotatable bonds is 6. The Kier molecular flexibility index (Phi) is 6.44. The molecule has 0 aromatic heterocycles. The molecule has 0 saturated carbocycles. The molecule has 2 heterocycles. The monoisotopic (exact) mass is 452 g/mol. The van der Waals surface area contributed by atoms with Crippen LogP contribution < -0.4 is 4.74 Å². The van der Waals surface area contributed by atoms with Gasteiger partial charge in [0.1, 0.15) is 10.6 Å². The molecule has 8 heteroatoms. The van der Waals surface area contributed by atoms with Gasteiger partial charge in [-0.05, 0) is 57.5 Å². The second kappa shape index (κ2) is 8.91. The maximum atomic E-state index is 13.6. The summed E-state index contributed by atoms with van der Waals surface area (Å²) in [4.78, 5) is 2.46. The first-order chi connectivity index (χ1) is 14.4. The molecule has 164 valence electrons. The van der Waals surface area contributed by atoms with Gasteiger partial charge in [0.25, 0.3) is 10.0 Å². The Balaban J connectivity index is 1.55. The molecular formula is C22H29ClN2O4S. The van der Waals surface area contributed by atoms with Crippen molar-refractivity contribution in [3.8, 4) is 5.75 Å². The first-order valence-corrected chi connectivity index (χ1v) is 12.2. The van der Waals surface area contributed by atoms with Crippen LogP contribution in [-0.4, -0.2) is 63.6 Å². The molecule has 6 nitrogen and oxygen atoms in total. The molecule has 2 aliphatic heterocycles. The van der Waals surface area contributed by atoms with E-state index < -0.39 is 10.0 Å². The normalized spacial score (nSPS) is 27.4. The lowest BCUT2D eigenvalue weighted by Gasteiger charge is -2.33. The summed E-state index contributed by atoms with van der Waals surface area (Å²) >= 11 is 6.18. The summed E-state index contributed by atoms with van der Waals surface area (Å²) in [6, 6.07) is 4.57. The Bertz CT molecular complexity index is 925. The van der Waals surface area contributed by atoms with Crippen molar-refractivity contribution in [1.82, 2.24) is 9.21 Å². The Morgan fingerprint density at radius 1 is 1.17 bits per heavy atom.